The summed E-state index contributed by atoms with van der Waals surface area (Å²) in [5.41, 5.74) is 2.38. The minimum absolute atomic E-state index is 0.546. The van der Waals surface area contributed by atoms with E-state index in [-0.39, 0.29) is 0 Å². The Morgan fingerprint density at radius 3 is 3.06 bits per heavy atom. The normalized spacial score (nSPS) is 20.2. The van der Waals surface area contributed by atoms with Crippen molar-refractivity contribution in [2.45, 2.75) is 18.8 Å². The lowest BCUT2D eigenvalue weighted by Gasteiger charge is -2.24. The van der Waals surface area contributed by atoms with E-state index in [1.165, 1.54) is 24.1 Å². The second kappa shape index (κ2) is 4.61. The van der Waals surface area contributed by atoms with E-state index in [2.05, 4.69) is 53.2 Å². The summed E-state index contributed by atoms with van der Waals surface area (Å²) in [4.78, 5) is 6.95. The van der Waals surface area contributed by atoms with Crippen molar-refractivity contribution >= 4 is 11.3 Å². The highest BCUT2D eigenvalue weighted by Crippen LogP contribution is 2.26. The number of anilines is 1. The summed E-state index contributed by atoms with van der Waals surface area (Å²) in [6.07, 6.45) is 6.76. The van der Waals surface area contributed by atoms with Gasteiger partial charge in [-0.05, 0) is 31.5 Å². The zero-order valence-corrected chi connectivity index (χ0v) is 11.1. The van der Waals surface area contributed by atoms with Gasteiger partial charge in [-0.1, -0.05) is 0 Å². The predicted molar refractivity (Wildman–Crippen MR) is 74.4 cm³/mol. The SMILES string of the molecule is CN(C)c1nc(C2CCCNC2)cn2cccc12. The summed E-state index contributed by atoms with van der Waals surface area (Å²) >= 11 is 0. The third-order valence-electron chi connectivity index (χ3n) is 3.65. The maximum absolute atomic E-state index is 4.86. The predicted octanol–water partition coefficient (Wildman–Crippen LogP) is 1.87. The molecule has 18 heavy (non-hydrogen) atoms. The van der Waals surface area contributed by atoms with Crippen LogP contribution >= 0.6 is 0 Å². The monoisotopic (exact) mass is 244 g/mol. The van der Waals surface area contributed by atoms with Crippen LogP contribution in [0.4, 0.5) is 5.82 Å². The van der Waals surface area contributed by atoms with Gasteiger partial charge in [-0.2, -0.15) is 0 Å². The van der Waals surface area contributed by atoms with Crippen molar-refractivity contribution in [1.29, 1.82) is 0 Å². The molecule has 4 heteroatoms. The third kappa shape index (κ3) is 1.97. The maximum atomic E-state index is 4.86. The Hall–Kier alpha value is -1.55. The quantitative estimate of drug-likeness (QED) is 0.875. The van der Waals surface area contributed by atoms with Gasteiger partial charge >= 0.3 is 0 Å². The molecular weight excluding hydrogens is 224 g/mol. The Kier molecular flexibility index (Phi) is 2.96. The molecule has 1 aliphatic heterocycles. The molecule has 1 unspecified atom stereocenters. The molecule has 3 heterocycles. The van der Waals surface area contributed by atoms with Gasteiger partial charge in [0.25, 0.3) is 0 Å². The molecule has 1 aliphatic rings. The molecule has 0 aromatic carbocycles. The average Bonchev–Trinajstić information content (AvgIpc) is 2.86. The largest absolute Gasteiger partial charge is 0.361 e. The van der Waals surface area contributed by atoms with Gasteiger partial charge in [0.05, 0.1) is 11.2 Å². The lowest BCUT2D eigenvalue weighted by atomic mass is 9.96. The van der Waals surface area contributed by atoms with Crippen LogP contribution in [0.3, 0.4) is 0 Å². The van der Waals surface area contributed by atoms with Crippen molar-refractivity contribution in [3.05, 3.63) is 30.2 Å². The maximum Gasteiger partial charge on any atom is 0.152 e. The molecule has 1 N–H and O–H groups in total. The van der Waals surface area contributed by atoms with Crippen LogP contribution in [-0.4, -0.2) is 36.6 Å². The summed E-state index contributed by atoms with van der Waals surface area (Å²) in [6, 6.07) is 4.19. The van der Waals surface area contributed by atoms with E-state index in [0.29, 0.717) is 5.92 Å². The number of aromatic nitrogens is 2. The van der Waals surface area contributed by atoms with E-state index in [9.17, 15) is 0 Å². The fourth-order valence-corrected chi connectivity index (χ4v) is 2.68. The Morgan fingerprint density at radius 2 is 2.33 bits per heavy atom. The molecule has 2 aromatic rings. The van der Waals surface area contributed by atoms with Crippen LogP contribution < -0.4 is 10.2 Å². The molecule has 96 valence electrons. The molecule has 2 aromatic heterocycles. The summed E-state index contributed by atoms with van der Waals surface area (Å²) in [5.74, 6) is 1.60. The van der Waals surface area contributed by atoms with Crippen LogP contribution in [0.2, 0.25) is 0 Å². The first-order chi connectivity index (χ1) is 8.75. The van der Waals surface area contributed by atoms with Gasteiger partial charge in [-0.15, -0.1) is 0 Å². The van der Waals surface area contributed by atoms with E-state index in [4.69, 9.17) is 4.98 Å². The number of hydrogen-bond donors (Lipinski definition) is 1. The standard InChI is InChI=1S/C14H20N4/c1-17(2)14-13-6-4-8-18(13)10-12(16-14)11-5-3-7-15-9-11/h4,6,8,10-11,15H,3,5,7,9H2,1-2H3. The minimum atomic E-state index is 0.546. The zero-order chi connectivity index (χ0) is 12.5. The number of fused-ring (bicyclic) bond motifs is 1. The first-order valence-electron chi connectivity index (χ1n) is 6.61. The van der Waals surface area contributed by atoms with Crippen LogP contribution in [0.25, 0.3) is 5.52 Å². The number of piperidine rings is 1. The first-order valence-corrected chi connectivity index (χ1v) is 6.61. The molecule has 0 spiro atoms. The molecule has 1 atom stereocenters. The fourth-order valence-electron chi connectivity index (χ4n) is 2.68. The first kappa shape index (κ1) is 11.5. The summed E-state index contributed by atoms with van der Waals surface area (Å²) in [5, 5.41) is 3.46. The Labute approximate surface area is 108 Å². The topological polar surface area (TPSA) is 32.6 Å². The highest BCUT2D eigenvalue weighted by molar-refractivity contribution is 5.69. The summed E-state index contributed by atoms with van der Waals surface area (Å²) < 4.78 is 2.19. The third-order valence-corrected chi connectivity index (χ3v) is 3.65. The van der Waals surface area contributed by atoms with Crippen molar-refractivity contribution < 1.29 is 0 Å². The Morgan fingerprint density at radius 1 is 1.44 bits per heavy atom. The van der Waals surface area contributed by atoms with Gasteiger partial charge in [0.2, 0.25) is 0 Å². The Balaban J connectivity index is 2.06. The fraction of sp³-hybridized carbons (Fsp3) is 0.500. The second-order valence-electron chi connectivity index (χ2n) is 5.23. The van der Waals surface area contributed by atoms with Crippen LogP contribution in [0.5, 0.6) is 0 Å². The van der Waals surface area contributed by atoms with E-state index in [1.54, 1.807) is 0 Å². The van der Waals surface area contributed by atoms with E-state index < -0.39 is 0 Å². The van der Waals surface area contributed by atoms with E-state index in [1.807, 2.05) is 0 Å². The smallest absolute Gasteiger partial charge is 0.152 e. The van der Waals surface area contributed by atoms with E-state index >= 15 is 0 Å². The number of nitrogens with one attached hydrogen (secondary N) is 1. The molecule has 3 rings (SSSR count). The van der Waals surface area contributed by atoms with Crippen molar-refractivity contribution in [2.75, 3.05) is 32.1 Å². The van der Waals surface area contributed by atoms with Crippen molar-refractivity contribution in [3.63, 3.8) is 0 Å². The molecule has 0 aliphatic carbocycles. The Bertz CT molecular complexity index is 538. The van der Waals surface area contributed by atoms with Crippen molar-refractivity contribution in [2.24, 2.45) is 0 Å². The van der Waals surface area contributed by atoms with Crippen molar-refractivity contribution in [3.8, 4) is 0 Å². The van der Waals surface area contributed by atoms with Gasteiger partial charge < -0.3 is 14.6 Å². The van der Waals surface area contributed by atoms with Gasteiger partial charge in [-0.3, -0.25) is 0 Å². The number of nitrogens with zero attached hydrogens (tertiary/aromatic N) is 3. The van der Waals surface area contributed by atoms with Crippen LogP contribution in [0.15, 0.2) is 24.5 Å². The minimum Gasteiger partial charge on any atom is -0.361 e. The van der Waals surface area contributed by atoms with Gasteiger partial charge in [0.15, 0.2) is 5.82 Å². The lowest BCUT2D eigenvalue weighted by Crippen LogP contribution is -2.29. The van der Waals surface area contributed by atoms with Crippen LogP contribution in [0, 0.1) is 0 Å². The molecule has 1 saturated heterocycles. The van der Waals surface area contributed by atoms with Gasteiger partial charge in [-0.25, -0.2) is 4.98 Å². The molecule has 4 nitrogen and oxygen atoms in total. The van der Waals surface area contributed by atoms with E-state index in [0.717, 1.165) is 18.9 Å². The lowest BCUT2D eigenvalue weighted by molar-refractivity contribution is 0.453. The molecule has 0 amide bonds. The highest BCUT2D eigenvalue weighted by atomic mass is 15.2. The van der Waals surface area contributed by atoms with Gasteiger partial charge in [0, 0.05) is 39.0 Å². The zero-order valence-electron chi connectivity index (χ0n) is 11.1. The highest BCUT2D eigenvalue weighted by Gasteiger charge is 2.18. The molecule has 0 radical (unpaired) electrons. The average molecular weight is 244 g/mol. The molecule has 0 saturated carbocycles. The number of hydrogen-bond acceptors (Lipinski definition) is 3. The van der Waals surface area contributed by atoms with Crippen LogP contribution in [-0.2, 0) is 0 Å². The van der Waals surface area contributed by atoms with Crippen LogP contribution in [0.1, 0.15) is 24.5 Å². The second-order valence-corrected chi connectivity index (χ2v) is 5.23. The summed E-state index contributed by atoms with van der Waals surface area (Å²) in [6.45, 7) is 2.19. The molecular formula is C14H20N4. The number of rotatable bonds is 2. The molecule has 1 fully saturated rings. The summed E-state index contributed by atoms with van der Waals surface area (Å²) in [7, 11) is 4.11. The van der Waals surface area contributed by atoms with Crippen molar-refractivity contribution in [1.82, 2.24) is 14.7 Å². The van der Waals surface area contributed by atoms with Gasteiger partial charge in [0.1, 0.15) is 0 Å². The molecule has 0 bridgehead atoms.